The van der Waals surface area contributed by atoms with Gasteiger partial charge in [-0.2, -0.15) is 5.26 Å². The van der Waals surface area contributed by atoms with Gasteiger partial charge < -0.3 is 11.1 Å². The average Bonchev–Trinajstić information content (AvgIpc) is 2.44. The first-order valence-electron chi connectivity index (χ1n) is 6.42. The maximum atomic E-state index is 8.79. The van der Waals surface area contributed by atoms with E-state index in [0.29, 0.717) is 23.0 Å². The highest BCUT2D eigenvalue weighted by Gasteiger charge is 2.11. The second-order valence-corrected chi connectivity index (χ2v) is 4.91. The van der Waals surface area contributed by atoms with Crippen LogP contribution in [0.15, 0.2) is 24.3 Å². The zero-order valence-electron chi connectivity index (χ0n) is 11.8. The lowest BCUT2D eigenvalue weighted by molar-refractivity contribution is 0.776. The first kappa shape index (κ1) is 13.8. The topological polar surface area (TPSA) is 87.6 Å². The van der Waals surface area contributed by atoms with Crippen molar-refractivity contribution in [2.75, 3.05) is 11.1 Å². The molecule has 1 aromatic heterocycles. The quantitative estimate of drug-likeness (QED) is 0.892. The van der Waals surface area contributed by atoms with Gasteiger partial charge >= 0.3 is 0 Å². The second kappa shape index (κ2) is 5.57. The Hall–Kier alpha value is -2.61. The molecular formula is C15H17N5. The number of rotatable bonds is 3. The van der Waals surface area contributed by atoms with E-state index >= 15 is 0 Å². The number of aromatic nitrogens is 2. The van der Waals surface area contributed by atoms with Crippen LogP contribution in [0, 0.1) is 18.3 Å². The van der Waals surface area contributed by atoms with Crippen LogP contribution in [0.25, 0.3) is 0 Å². The number of hydrogen-bond acceptors (Lipinski definition) is 5. The molecule has 0 amide bonds. The molecule has 1 heterocycles. The molecule has 2 aromatic rings. The molecule has 5 nitrogen and oxygen atoms in total. The maximum Gasteiger partial charge on any atom is 0.139 e. The minimum atomic E-state index is 0.208. The van der Waals surface area contributed by atoms with Crippen LogP contribution in [0.5, 0.6) is 0 Å². The van der Waals surface area contributed by atoms with E-state index in [9.17, 15) is 0 Å². The smallest absolute Gasteiger partial charge is 0.139 e. The van der Waals surface area contributed by atoms with Gasteiger partial charge in [0.1, 0.15) is 17.5 Å². The lowest BCUT2D eigenvalue weighted by Crippen LogP contribution is -2.08. The fraction of sp³-hybridized carbons (Fsp3) is 0.267. The normalized spacial score (nSPS) is 10.3. The molecule has 3 N–H and O–H groups in total. The molecule has 102 valence electrons. The van der Waals surface area contributed by atoms with Gasteiger partial charge in [0, 0.05) is 17.2 Å². The van der Waals surface area contributed by atoms with Crippen LogP contribution in [0.2, 0.25) is 0 Å². The van der Waals surface area contributed by atoms with Gasteiger partial charge in [0.05, 0.1) is 11.6 Å². The SMILES string of the molecule is Cc1c(N)nc(C(C)C)nc1Nc1ccc(C#N)cc1. The number of nitriles is 1. The summed E-state index contributed by atoms with van der Waals surface area (Å²) in [5.74, 6) is 2.11. The Morgan fingerprint density at radius 3 is 2.40 bits per heavy atom. The standard InChI is InChI=1S/C15H17N5/c1-9(2)14-19-13(17)10(3)15(20-14)18-12-6-4-11(8-16)5-7-12/h4-7,9H,1-3H3,(H3,17,18,19,20). The highest BCUT2D eigenvalue weighted by atomic mass is 15.1. The lowest BCUT2D eigenvalue weighted by atomic mass is 10.2. The fourth-order valence-corrected chi connectivity index (χ4v) is 1.70. The Labute approximate surface area is 118 Å². The van der Waals surface area contributed by atoms with Gasteiger partial charge in [-0.25, -0.2) is 9.97 Å². The summed E-state index contributed by atoms with van der Waals surface area (Å²) in [6.45, 7) is 5.93. The lowest BCUT2D eigenvalue weighted by Gasteiger charge is -2.13. The highest BCUT2D eigenvalue weighted by molar-refractivity contribution is 5.64. The number of nitrogens with one attached hydrogen (secondary N) is 1. The molecule has 0 aliphatic carbocycles. The zero-order valence-corrected chi connectivity index (χ0v) is 11.8. The minimum Gasteiger partial charge on any atom is -0.383 e. The Balaban J connectivity index is 2.34. The molecule has 0 bridgehead atoms. The molecule has 0 radical (unpaired) electrons. The van der Waals surface area contributed by atoms with Gasteiger partial charge in [0.15, 0.2) is 0 Å². The fourth-order valence-electron chi connectivity index (χ4n) is 1.70. The van der Waals surface area contributed by atoms with Crippen molar-refractivity contribution in [3.63, 3.8) is 0 Å². The summed E-state index contributed by atoms with van der Waals surface area (Å²) < 4.78 is 0. The van der Waals surface area contributed by atoms with Crippen molar-refractivity contribution < 1.29 is 0 Å². The molecule has 0 atom stereocenters. The molecule has 0 aliphatic rings. The Kier molecular flexibility index (Phi) is 3.85. The second-order valence-electron chi connectivity index (χ2n) is 4.91. The molecule has 0 saturated carbocycles. The van der Waals surface area contributed by atoms with E-state index in [-0.39, 0.29) is 5.92 Å². The molecule has 0 aliphatic heterocycles. The molecule has 5 heteroatoms. The van der Waals surface area contributed by atoms with Gasteiger partial charge in [-0.05, 0) is 31.2 Å². The summed E-state index contributed by atoms with van der Waals surface area (Å²) in [5, 5.41) is 12.0. The third-order valence-electron chi connectivity index (χ3n) is 2.99. The van der Waals surface area contributed by atoms with E-state index in [1.165, 1.54) is 0 Å². The molecule has 2 rings (SSSR count). The molecule has 20 heavy (non-hydrogen) atoms. The number of nitrogen functional groups attached to an aromatic ring is 1. The van der Waals surface area contributed by atoms with E-state index in [1.54, 1.807) is 12.1 Å². The number of benzene rings is 1. The Bertz CT molecular complexity index is 653. The van der Waals surface area contributed by atoms with E-state index in [2.05, 4.69) is 21.4 Å². The van der Waals surface area contributed by atoms with Crippen molar-refractivity contribution >= 4 is 17.3 Å². The van der Waals surface area contributed by atoms with Crippen LogP contribution in [0.3, 0.4) is 0 Å². The maximum absolute atomic E-state index is 8.79. The number of nitrogens with zero attached hydrogens (tertiary/aromatic N) is 3. The van der Waals surface area contributed by atoms with Gasteiger partial charge in [0.25, 0.3) is 0 Å². The number of hydrogen-bond donors (Lipinski definition) is 2. The van der Waals surface area contributed by atoms with Crippen molar-refractivity contribution in [3.8, 4) is 6.07 Å². The van der Waals surface area contributed by atoms with Crippen LogP contribution < -0.4 is 11.1 Å². The zero-order chi connectivity index (χ0) is 14.7. The van der Waals surface area contributed by atoms with Crippen molar-refractivity contribution in [3.05, 3.63) is 41.2 Å². The minimum absolute atomic E-state index is 0.208. The molecule has 0 fully saturated rings. The van der Waals surface area contributed by atoms with Gasteiger partial charge in [0.2, 0.25) is 0 Å². The number of nitrogens with two attached hydrogens (primary N) is 1. The van der Waals surface area contributed by atoms with Crippen LogP contribution in [0.4, 0.5) is 17.3 Å². The summed E-state index contributed by atoms with van der Waals surface area (Å²) in [7, 11) is 0. The van der Waals surface area contributed by atoms with E-state index in [4.69, 9.17) is 11.0 Å². The summed E-state index contributed by atoms with van der Waals surface area (Å²) >= 11 is 0. The predicted molar refractivity (Wildman–Crippen MR) is 79.7 cm³/mol. The predicted octanol–water partition coefficient (Wildman–Crippen LogP) is 3.11. The third kappa shape index (κ3) is 2.86. The molecule has 0 unspecified atom stereocenters. The van der Waals surface area contributed by atoms with Gasteiger partial charge in [-0.15, -0.1) is 0 Å². The van der Waals surface area contributed by atoms with Crippen LogP contribution >= 0.6 is 0 Å². The average molecular weight is 267 g/mol. The van der Waals surface area contributed by atoms with Crippen molar-refractivity contribution in [1.82, 2.24) is 9.97 Å². The third-order valence-corrected chi connectivity index (χ3v) is 2.99. The molecule has 0 spiro atoms. The molecule has 0 saturated heterocycles. The summed E-state index contributed by atoms with van der Waals surface area (Å²) in [6.07, 6.45) is 0. The number of anilines is 3. The van der Waals surface area contributed by atoms with Crippen LogP contribution in [-0.2, 0) is 0 Å². The monoisotopic (exact) mass is 267 g/mol. The van der Waals surface area contributed by atoms with E-state index < -0.39 is 0 Å². The van der Waals surface area contributed by atoms with Gasteiger partial charge in [-0.1, -0.05) is 13.8 Å². The largest absolute Gasteiger partial charge is 0.383 e. The highest BCUT2D eigenvalue weighted by Crippen LogP contribution is 2.24. The van der Waals surface area contributed by atoms with Crippen molar-refractivity contribution in [2.24, 2.45) is 0 Å². The summed E-state index contributed by atoms with van der Waals surface area (Å²) in [6, 6.07) is 9.28. The van der Waals surface area contributed by atoms with Gasteiger partial charge in [-0.3, -0.25) is 0 Å². The Morgan fingerprint density at radius 1 is 1.20 bits per heavy atom. The van der Waals surface area contributed by atoms with E-state index in [0.717, 1.165) is 11.3 Å². The first-order valence-corrected chi connectivity index (χ1v) is 6.42. The van der Waals surface area contributed by atoms with Crippen molar-refractivity contribution in [1.29, 1.82) is 5.26 Å². The Morgan fingerprint density at radius 2 is 1.85 bits per heavy atom. The molecular weight excluding hydrogens is 250 g/mol. The van der Waals surface area contributed by atoms with Crippen LogP contribution in [-0.4, -0.2) is 9.97 Å². The van der Waals surface area contributed by atoms with Crippen molar-refractivity contribution in [2.45, 2.75) is 26.7 Å². The summed E-state index contributed by atoms with van der Waals surface area (Å²) in [4.78, 5) is 8.79. The molecule has 1 aromatic carbocycles. The summed E-state index contributed by atoms with van der Waals surface area (Å²) in [5.41, 5.74) is 8.23. The first-order chi connectivity index (χ1) is 9.51. The van der Waals surface area contributed by atoms with Crippen LogP contribution in [0.1, 0.15) is 36.7 Å². The van der Waals surface area contributed by atoms with E-state index in [1.807, 2.05) is 32.9 Å².